The lowest BCUT2D eigenvalue weighted by Crippen LogP contribution is -2.39. The van der Waals surface area contributed by atoms with Crippen LogP contribution >= 0.6 is 0 Å². The van der Waals surface area contributed by atoms with E-state index >= 15 is 0 Å². The molecule has 3 aromatic rings. The molecule has 0 spiro atoms. The lowest BCUT2D eigenvalue weighted by Gasteiger charge is -2.37. The summed E-state index contributed by atoms with van der Waals surface area (Å²) in [7, 11) is 1.75. The molecule has 2 aromatic heterocycles. The van der Waals surface area contributed by atoms with Crippen LogP contribution < -0.4 is 5.32 Å². The molecule has 2 aliphatic rings. The zero-order valence-corrected chi connectivity index (χ0v) is 16.8. The summed E-state index contributed by atoms with van der Waals surface area (Å²) in [4.78, 5) is 16.8. The van der Waals surface area contributed by atoms with E-state index in [9.17, 15) is 4.79 Å². The number of amides is 1. The van der Waals surface area contributed by atoms with E-state index in [-0.39, 0.29) is 18.2 Å². The highest BCUT2D eigenvalue weighted by Crippen LogP contribution is 2.40. The van der Waals surface area contributed by atoms with Crippen LogP contribution in [0.2, 0.25) is 0 Å². The van der Waals surface area contributed by atoms with Crippen molar-refractivity contribution in [3.05, 3.63) is 35.5 Å². The summed E-state index contributed by atoms with van der Waals surface area (Å²) in [6.45, 7) is 4.26. The van der Waals surface area contributed by atoms with E-state index < -0.39 is 0 Å². The highest BCUT2D eigenvalue weighted by molar-refractivity contribution is 5.84. The van der Waals surface area contributed by atoms with Gasteiger partial charge in [0.25, 0.3) is 0 Å². The first-order valence-electron chi connectivity index (χ1n) is 9.96. The van der Waals surface area contributed by atoms with Gasteiger partial charge in [-0.2, -0.15) is 0 Å². The molecule has 1 atom stereocenters. The fourth-order valence-corrected chi connectivity index (χ4v) is 4.46. The van der Waals surface area contributed by atoms with E-state index in [2.05, 4.69) is 33.2 Å². The third-order valence-corrected chi connectivity index (χ3v) is 6.05. The van der Waals surface area contributed by atoms with Gasteiger partial charge in [-0.15, -0.1) is 0 Å². The van der Waals surface area contributed by atoms with Crippen molar-refractivity contribution in [2.24, 2.45) is 0 Å². The van der Waals surface area contributed by atoms with Gasteiger partial charge >= 0.3 is 6.09 Å². The van der Waals surface area contributed by atoms with E-state index in [0.717, 1.165) is 52.3 Å². The number of fused-ring (bicyclic) bond motifs is 1. The molecule has 1 unspecified atom stereocenters. The third-order valence-electron chi connectivity index (χ3n) is 6.05. The highest BCUT2D eigenvalue weighted by Gasteiger charge is 2.36. The largest absolute Gasteiger partial charge is 0.449 e. The fraction of sp³-hybridized carbons (Fsp3) is 0.476. The van der Waals surface area contributed by atoms with Crippen LogP contribution in [0.5, 0.6) is 0 Å². The molecule has 152 valence electrons. The summed E-state index contributed by atoms with van der Waals surface area (Å²) in [5.41, 5.74) is 4.87. The Morgan fingerprint density at radius 2 is 2.10 bits per heavy atom. The van der Waals surface area contributed by atoms with Crippen LogP contribution in [0, 0.1) is 13.8 Å². The number of imidazole rings is 1. The smallest absolute Gasteiger partial charge is 0.407 e. The molecule has 0 radical (unpaired) electrons. The maximum absolute atomic E-state index is 11.8. The molecule has 8 heteroatoms. The quantitative estimate of drug-likeness (QED) is 0.721. The van der Waals surface area contributed by atoms with Crippen molar-refractivity contribution in [2.75, 3.05) is 13.7 Å². The molecule has 8 nitrogen and oxygen atoms in total. The number of methoxy groups -OCH3 is 1. The summed E-state index contributed by atoms with van der Waals surface area (Å²) in [5, 5.41) is 6.99. The molecule has 0 bridgehead atoms. The van der Waals surface area contributed by atoms with E-state index in [1.165, 1.54) is 0 Å². The van der Waals surface area contributed by atoms with Crippen LogP contribution in [-0.2, 0) is 9.47 Å². The Bertz CT molecular complexity index is 1060. The Labute approximate surface area is 168 Å². The number of ether oxygens (including phenoxy) is 2. The zero-order valence-electron chi connectivity index (χ0n) is 16.8. The van der Waals surface area contributed by atoms with Crippen LogP contribution in [0.1, 0.15) is 48.6 Å². The molecule has 1 saturated heterocycles. The Hall–Kier alpha value is -2.87. The van der Waals surface area contributed by atoms with Crippen molar-refractivity contribution in [2.45, 2.75) is 51.3 Å². The van der Waals surface area contributed by atoms with Gasteiger partial charge in [0.1, 0.15) is 11.6 Å². The van der Waals surface area contributed by atoms with E-state index in [1.54, 1.807) is 7.11 Å². The van der Waals surface area contributed by atoms with Gasteiger partial charge in [0, 0.05) is 25.1 Å². The van der Waals surface area contributed by atoms with Crippen molar-refractivity contribution >= 4 is 17.1 Å². The van der Waals surface area contributed by atoms with Crippen molar-refractivity contribution < 1.29 is 18.8 Å². The summed E-state index contributed by atoms with van der Waals surface area (Å²) >= 11 is 0. The molecular formula is C21H24N4O4. The van der Waals surface area contributed by atoms with E-state index in [0.29, 0.717) is 19.1 Å². The fourth-order valence-electron chi connectivity index (χ4n) is 4.46. The van der Waals surface area contributed by atoms with Gasteiger partial charge in [0.2, 0.25) is 0 Å². The second-order valence-corrected chi connectivity index (χ2v) is 7.85. The first kappa shape index (κ1) is 18.2. The molecule has 1 aliphatic heterocycles. The van der Waals surface area contributed by atoms with Gasteiger partial charge in [0.05, 0.1) is 35.5 Å². The summed E-state index contributed by atoms with van der Waals surface area (Å²) in [6.07, 6.45) is 2.47. The molecule has 1 amide bonds. The lowest BCUT2D eigenvalue weighted by molar-refractivity contribution is 0.00574. The van der Waals surface area contributed by atoms with Crippen molar-refractivity contribution in [1.82, 2.24) is 20.0 Å². The van der Waals surface area contributed by atoms with Crippen molar-refractivity contribution in [3.63, 3.8) is 0 Å². The van der Waals surface area contributed by atoms with Crippen LogP contribution in [0.4, 0.5) is 4.79 Å². The van der Waals surface area contributed by atoms with Crippen LogP contribution in [0.3, 0.4) is 0 Å². The summed E-state index contributed by atoms with van der Waals surface area (Å²) in [5.74, 6) is 1.67. The van der Waals surface area contributed by atoms with E-state index in [1.807, 2.05) is 13.8 Å². The maximum atomic E-state index is 11.8. The third kappa shape index (κ3) is 2.98. The molecule has 1 N–H and O–H groups in total. The number of hydrogen-bond acceptors (Lipinski definition) is 6. The predicted molar refractivity (Wildman–Crippen MR) is 106 cm³/mol. The molecule has 1 aliphatic carbocycles. The number of aryl methyl sites for hydroxylation is 2. The number of nitrogens with one attached hydrogen (secondary N) is 1. The number of cyclic esters (lactones) is 1. The first-order chi connectivity index (χ1) is 14.0. The molecule has 29 heavy (non-hydrogen) atoms. The van der Waals surface area contributed by atoms with Crippen LogP contribution in [-0.4, -0.2) is 40.6 Å². The SMILES string of the molecule is COC1CC(n2c(C3CCOC(=O)N3)nc3cc(-c4c(C)noc4C)ccc32)C1. The molecule has 2 fully saturated rings. The number of nitrogens with zero attached hydrogens (tertiary/aromatic N) is 3. The highest BCUT2D eigenvalue weighted by atomic mass is 16.6. The lowest BCUT2D eigenvalue weighted by atomic mass is 9.88. The maximum Gasteiger partial charge on any atom is 0.407 e. The summed E-state index contributed by atoms with van der Waals surface area (Å²) < 4.78 is 18.1. The van der Waals surface area contributed by atoms with Crippen molar-refractivity contribution in [1.29, 1.82) is 0 Å². The number of hydrogen-bond donors (Lipinski definition) is 1. The average molecular weight is 396 g/mol. The molecule has 1 saturated carbocycles. The second-order valence-electron chi connectivity index (χ2n) is 7.85. The Balaban J connectivity index is 1.61. The first-order valence-corrected chi connectivity index (χ1v) is 9.96. The monoisotopic (exact) mass is 396 g/mol. The van der Waals surface area contributed by atoms with Crippen molar-refractivity contribution in [3.8, 4) is 11.1 Å². The number of alkyl carbamates (subject to hydrolysis) is 1. The molecular weight excluding hydrogens is 372 g/mol. The normalized spacial score (nSPS) is 24.2. The minimum atomic E-state index is -0.389. The van der Waals surface area contributed by atoms with Gasteiger partial charge in [-0.1, -0.05) is 11.2 Å². The number of aromatic nitrogens is 3. The molecule has 3 heterocycles. The van der Waals surface area contributed by atoms with Gasteiger partial charge < -0.3 is 23.9 Å². The number of benzene rings is 1. The molecule has 1 aromatic carbocycles. The Kier molecular flexibility index (Phi) is 4.31. The molecule has 5 rings (SSSR count). The van der Waals surface area contributed by atoms with E-state index in [4.69, 9.17) is 19.0 Å². The number of carbonyl (C=O) groups excluding carboxylic acids is 1. The topological polar surface area (TPSA) is 91.4 Å². The summed E-state index contributed by atoms with van der Waals surface area (Å²) in [6, 6.07) is 6.42. The zero-order chi connectivity index (χ0) is 20.1. The number of carbonyl (C=O) groups is 1. The van der Waals surface area contributed by atoms with Crippen LogP contribution in [0.15, 0.2) is 22.7 Å². The minimum Gasteiger partial charge on any atom is -0.449 e. The van der Waals surface area contributed by atoms with Gasteiger partial charge in [-0.05, 0) is 44.4 Å². The van der Waals surface area contributed by atoms with Gasteiger partial charge in [0.15, 0.2) is 0 Å². The van der Waals surface area contributed by atoms with Gasteiger partial charge in [-0.25, -0.2) is 9.78 Å². The van der Waals surface area contributed by atoms with Crippen LogP contribution in [0.25, 0.3) is 22.2 Å². The minimum absolute atomic E-state index is 0.159. The van der Waals surface area contributed by atoms with Gasteiger partial charge in [-0.3, -0.25) is 0 Å². The number of rotatable bonds is 4. The Morgan fingerprint density at radius 1 is 1.28 bits per heavy atom. The second kappa shape index (κ2) is 6.88. The Morgan fingerprint density at radius 3 is 2.79 bits per heavy atom. The average Bonchev–Trinajstić information content (AvgIpc) is 3.21. The predicted octanol–water partition coefficient (Wildman–Crippen LogP) is 3.83. The standard InChI is InChI=1S/C21H24N4O4/c1-11-19(12(2)29-24-11)13-4-5-18-17(8-13)22-20(16-6-7-28-21(26)23-16)25(18)14-9-15(10-14)27-3/h4-5,8,14-16H,6-7,9-10H2,1-3H3,(H,23,26).